The molecule has 3 aromatic rings. The van der Waals surface area contributed by atoms with E-state index in [1.54, 1.807) is 6.20 Å². The van der Waals surface area contributed by atoms with Crippen LogP contribution in [0.25, 0.3) is 5.65 Å². The second-order valence-corrected chi connectivity index (χ2v) is 5.99. The molecule has 0 unspecified atom stereocenters. The van der Waals surface area contributed by atoms with E-state index in [0.717, 1.165) is 30.2 Å². The van der Waals surface area contributed by atoms with Gasteiger partial charge in [0.05, 0.1) is 0 Å². The summed E-state index contributed by atoms with van der Waals surface area (Å²) in [5, 5.41) is 0. The molecule has 1 fully saturated rings. The van der Waals surface area contributed by atoms with Crippen molar-refractivity contribution in [3.63, 3.8) is 0 Å². The predicted octanol–water partition coefficient (Wildman–Crippen LogP) is 2.00. The number of carbonyl (C=O) groups excluding carboxylic acids is 1. The Bertz CT molecular complexity index is 866. The van der Waals surface area contributed by atoms with E-state index in [1.807, 2.05) is 58.8 Å². The Morgan fingerprint density at radius 2 is 1.88 bits per heavy atom. The molecule has 1 amide bonds. The number of pyridine rings is 2. The largest absolute Gasteiger partial charge is 0.353 e. The van der Waals surface area contributed by atoms with Gasteiger partial charge in [0.1, 0.15) is 17.2 Å². The van der Waals surface area contributed by atoms with Crippen molar-refractivity contribution in [2.75, 3.05) is 31.1 Å². The zero-order valence-corrected chi connectivity index (χ0v) is 13.6. The third-order valence-electron chi connectivity index (χ3n) is 4.46. The Morgan fingerprint density at radius 1 is 1.04 bits per heavy atom. The van der Waals surface area contributed by atoms with Crippen molar-refractivity contribution in [3.8, 4) is 0 Å². The van der Waals surface area contributed by atoms with E-state index in [1.165, 1.54) is 0 Å². The highest BCUT2D eigenvalue weighted by atomic mass is 16.2. The van der Waals surface area contributed by atoms with E-state index in [9.17, 15) is 4.79 Å². The van der Waals surface area contributed by atoms with Gasteiger partial charge in [0.15, 0.2) is 0 Å². The first-order valence-electron chi connectivity index (χ1n) is 8.12. The summed E-state index contributed by atoms with van der Waals surface area (Å²) >= 11 is 0. The predicted molar refractivity (Wildman–Crippen MR) is 92.3 cm³/mol. The molecule has 0 aromatic carbocycles. The first-order chi connectivity index (χ1) is 11.7. The fraction of sp³-hybridized carbons (Fsp3) is 0.278. The number of imidazole rings is 1. The van der Waals surface area contributed by atoms with E-state index in [2.05, 4.69) is 14.9 Å². The van der Waals surface area contributed by atoms with Gasteiger partial charge in [0.25, 0.3) is 5.91 Å². The lowest BCUT2D eigenvalue weighted by Gasteiger charge is -2.35. The van der Waals surface area contributed by atoms with Crippen LogP contribution in [0.4, 0.5) is 5.82 Å². The third-order valence-corrected chi connectivity index (χ3v) is 4.46. The number of anilines is 1. The van der Waals surface area contributed by atoms with Crippen molar-refractivity contribution in [1.82, 2.24) is 19.3 Å². The third kappa shape index (κ3) is 2.60. The maximum atomic E-state index is 12.7. The molecule has 24 heavy (non-hydrogen) atoms. The fourth-order valence-corrected chi connectivity index (χ4v) is 3.09. The second-order valence-electron chi connectivity index (χ2n) is 5.99. The van der Waals surface area contributed by atoms with E-state index < -0.39 is 0 Å². The van der Waals surface area contributed by atoms with Gasteiger partial charge in [-0.15, -0.1) is 0 Å². The van der Waals surface area contributed by atoms with Crippen LogP contribution in [0.2, 0.25) is 0 Å². The highest BCUT2D eigenvalue weighted by Crippen LogP contribution is 2.15. The van der Waals surface area contributed by atoms with Crippen LogP contribution in [0.15, 0.2) is 48.8 Å². The minimum atomic E-state index is -0.00114. The number of hydrogen-bond donors (Lipinski definition) is 0. The van der Waals surface area contributed by atoms with Gasteiger partial charge in [0.2, 0.25) is 0 Å². The van der Waals surface area contributed by atoms with Crippen LogP contribution in [0, 0.1) is 6.92 Å². The molecule has 0 N–H and O–H groups in total. The Kier molecular flexibility index (Phi) is 3.65. The Morgan fingerprint density at radius 3 is 2.58 bits per heavy atom. The monoisotopic (exact) mass is 321 g/mol. The highest BCUT2D eigenvalue weighted by molar-refractivity contribution is 5.93. The first-order valence-corrected chi connectivity index (χ1v) is 8.12. The van der Waals surface area contributed by atoms with Crippen molar-refractivity contribution < 1.29 is 4.79 Å². The van der Waals surface area contributed by atoms with Gasteiger partial charge >= 0.3 is 0 Å². The van der Waals surface area contributed by atoms with E-state index in [4.69, 9.17) is 0 Å². The summed E-state index contributed by atoms with van der Waals surface area (Å²) in [4.78, 5) is 25.7. The number of aromatic nitrogens is 3. The lowest BCUT2D eigenvalue weighted by atomic mass is 10.2. The molecule has 0 bridgehead atoms. The number of rotatable bonds is 2. The van der Waals surface area contributed by atoms with Crippen molar-refractivity contribution in [2.24, 2.45) is 0 Å². The Balaban J connectivity index is 1.48. The molecule has 122 valence electrons. The number of amides is 1. The zero-order valence-electron chi connectivity index (χ0n) is 13.6. The van der Waals surface area contributed by atoms with Gasteiger partial charge in [-0.1, -0.05) is 12.1 Å². The topological polar surface area (TPSA) is 53.7 Å². The summed E-state index contributed by atoms with van der Waals surface area (Å²) in [7, 11) is 0. The molecule has 1 aliphatic rings. The van der Waals surface area contributed by atoms with Gasteiger partial charge in [-0.25, -0.2) is 9.97 Å². The maximum absolute atomic E-state index is 12.7. The van der Waals surface area contributed by atoms with Crippen molar-refractivity contribution in [2.45, 2.75) is 6.92 Å². The van der Waals surface area contributed by atoms with Gasteiger partial charge < -0.3 is 14.2 Å². The molecule has 4 rings (SSSR count). The molecule has 0 spiro atoms. The summed E-state index contributed by atoms with van der Waals surface area (Å²) < 4.78 is 1.96. The number of fused-ring (bicyclic) bond motifs is 1. The summed E-state index contributed by atoms with van der Waals surface area (Å²) in [6, 6.07) is 11.8. The van der Waals surface area contributed by atoms with Crippen LogP contribution in [0.5, 0.6) is 0 Å². The first kappa shape index (κ1) is 14.7. The van der Waals surface area contributed by atoms with Crippen LogP contribution in [0.1, 0.15) is 16.2 Å². The molecule has 3 aromatic heterocycles. The van der Waals surface area contributed by atoms with E-state index in [0.29, 0.717) is 18.8 Å². The molecule has 6 heteroatoms. The molecule has 0 aliphatic carbocycles. The standard InChI is InChI=1S/C18H19N5O/c1-14-5-4-7-17-20-15(13-23(14)17)18(24)22-11-9-21(10-12-22)16-6-2-3-8-19-16/h2-8,13H,9-12H2,1H3. The number of aryl methyl sites for hydroxylation is 1. The van der Waals surface area contributed by atoms with Crippen LogP contribution in [-0.2, 0) is 0 Å². The van der Waals surface area contributed by atoms with Gasteiger partial charge in [-0.05, 0) is 31.2 Å². The van der Waals surface area contributed by atoms with Gasteiger partial charge in [-0.3, -0.25) is 4.79 Å². The number of carbonyl (C=O) groups is 1. The molecular formula is C18H19N5O. The number of nitrogens with zero attached hydrogens (tertiary/aromatic N) is 5. The van der Waals surface area contributed by atoms with E-state index in [-0.39, 0.29) is 5.91 Å². The molecule has 0 atom stereocenters. The van der Waals surface area contributed by atoms with Crippen LogP contribution < -0.4 is 4.90 Å². The SMILES string of the molecule is Cc1cccc2nc(C(=O)N3CCN(c4ccccn4)CC3)cn12. The number of piperazine rings is 1. The van der Waals surface area contributed by atoms with Crippen LogP contribution in [0.3, 0.4) is 0 Å². The van der Waals surface area contributed by atoms with Crippen molar-refractivity contribution in [3.05, 3.63) is 60.2 Å². The molecular weight excluding hydrogens is 302 g/mol. The molecule has 1 aliphatic heterocycles. The lowest BCUT2D eigenvalue weighted by molar-refractivity contribution is 0.0741. The number of hydrogen-bond acceptors (Lipinski definition) is 4. The summed E-state index contributed by atoms with van der Waals surface area (Å²) in [5.41, 5.74) is 2.39. The molecule has 6 nitrogen and oxygen atoms in total. The molecule has 0 radical (unpaired) electrons. The highest BCUT2D eigenvalue weighted by Gasteiger charge is 2.24. The second kappa shape index (κ2) is 5.96. The lowest BCUT2D eigenvalue weighted by Crippen LogP contribution is -2.49. The Hall–Kier alpha value is -2.89. The zero-order chi connectivity index (χ0) is 16.5. The molecule has 4 heterocycles. The van der Waals surface area contributed by atoms with Gasteiger partial charge in [-0.2, -0.15) is 0 Å². The summed E-state index contributed by atoms with van der Waals surface area (Å²) in [6.45, 7) is 4.95. The minimum absolute atomic E-state index is 0.00114. The van der Waals surface area contributed by atoms with Crippen molar-refractivity contribution in [1.29, 1.82) is 0 Å². The fourth-order valence-electron chi connectivity index (χ4n) is 3.09. The summed E-state index contributed by atoms with van der Waals surface area (Å²) in [5.74, 6) is 0.965. The minimum Gasteiger partial charge on any atom is -0.353 e. The summed E-state index contributed by atoms with van der Waals surface area (Å²) in [6.07, 6.45) is 3.63. The molecule has 0 saturated carbocycles. The molecule has 1 saturated heterocycles. The Labute approximate surface area is 140 Å². The average molecular weight is 321 g/mol. The smallest absolute Gasteiger partial charge is 0.274 e. The normalized spacial score (nSPS) is 15.0. The van der Waals surface area contributed by atoms with Crippen LogP contribution in [-0.4, -0.2) is 51.4 Å². The van der Waals surface area contributed by atoms with Crippen LogP contribution >= 0.6 is 0 Å². The quantitative estimate of drug-likeness (QED) is 0.724. The van der Waals surface area contributed by atoms with Crippen molar-refractivity contribution >= 4 is 17.4 Å². The maximum Gasteiger partial charge on any atom is 0.274 e. The van der Waals surface area contributed by atoms with Gasteiger partial charge in [0, 0.05) is 44.3 Å². The average Bonchev–Trinajstić information content (AvgIpc) is 3.08. The van der Waals surface area contributed by atoms with E-state index >= 15 is 0 Å².